The highest BCUT2D eigenvalue weighted by Gasteiger charge is 2.05. The van der Waals surface area contributed by atoms with E-state index in [0.717, 1.165) is 15.2 Å². The number of aromatic nitrogens is 1. The second kappa shape index (κ2) is 5.71. The zero-order valence-electron chi connectivity index (χ0n) is 10.5. The first-order chi connectivity index (χ1) is 9.81. The zero-order chi connectivity index (χ0) is 13.8. The van der Waals surface area contributed by atoms with Crippen molar-refractivity contribution in [1.82, 2.24) is 4.98 Å². The molecule has 0 aliphatic rings. The van der Waals surface area contributed by atoms with Gasteiger partial charge in [-0.15, -0.1) is 11.3 Å². The Kier molecular flexibility index (Phi) is 3.60. The molecular weight excluding hydrogens is 274 g/mol. The molecule has 0 saturated heterocycles. The highest BCUT2D eigenvalue weighted by molar-refractivity contribution is 7.18. The zero-order valence-corrected chi connectivity index (χ0v) is 11.3. The second-order valence-electron chi connectivity index (χ2n) is 4.03. The molecule has 4 nitrogen and oxygen atoms in total. The van der Waals surface area contributed by atoms with Crippen LogP contribution in [0.5, 0.6) is 0 Å². The molecule has 2 heterocycles. The lowest BCUT2D eigenvalue weighted by molar-refractivity contribution is -0.138. The first-order valence-corrected chi connectivity index (χ1v) is 6.86. The highest BCUT2D eigenvalue weighted by Crippen LogP contribution is 2.21. The maximum Gasteiger partial charge on any atom is 0.331 e. The Hall–Kier alpha value is -2.40. The molecule has 20 heavy (non-hydrogen) atoms. The quantitative estimate of drug-likeness (QED) is 0.542. The Labute approximate surface area is 119 Å². The summed E-state index contributed by atoms with van der Waals surface area (Å²) >= 11 is 1.52. The lowest BCUT2D eigenvalue weighted by atomic mass is 10.3. The van der Waals surface area contributed by atoms with Gasteiger partial charge in [-0.2, -0.15) is 0 Å². The van der Waals surface area contributed by atoms with E-state index >= 15 is 0 Å². The van der Waals surface area contributed by atoms with Crippen molar-refractivity contribution in [3.05, 3.63) is 59.5 Å². The second-order valence-corrected chi connectivity index (χ2v) is 5.15. The summed E-state index contributed by atoms with van der Waals surface area (Å²) in [7, 11) is 0. The van der Waals surface area contributed by atoms with Gasteiger partial charge in [-0.3, -0.25) is 0 Å². The van der Waals surface area contributed by atoms with E-state index in [2.05, 4.69) is 4.98 Å². The number of furan rings is 1. The predicted octanol–water partition coefficient (Wildman–Crippen LogP) is 3.65. The smallest absolute Gasteiger partial charge is 0.331 e. The van der Waals surface area contributed by atoms with E-state index in [1.54, 1.807) is 24.5 Å². The van der Waals surface area contributed by atoms with Crippen LogP contribution in [0.4, 0.5) is 0 Å². The van der Waals surface area contributed by atoms with E-state index < -0.39 is 5.97 Å². The van der Waals surface area contributed by atoms with Crippen molar-refractivity contribution in [2.24, 2.45) is 0 Å². The Bertz CT molecular complexity index is 710. The van der Waals surface area contributed by atoms with Crippen molar-refractivity contribution in [1.29, 1.82) is 0 Å². The lowest BCUT2D eigenvalue weighted by Crippen LogP contribution is -2.00. The molecule has 0 radical (unpaired) electrons. The summed E-state index contributed by atoms with van der Waals surface area (Å²) in [6.07, 6.45) is 4.46. The Morgan fingerprint density at radius 1 is 1.30 bits per heavy atom. The molecule has 0 N–H and O–H groups in total. The van der Waals surface area contributed by atoms with Crippen LogP contribution in [0.15, 0.2) is 53.2 Å². The van der Waals surface area contributed by atoms with Gasteiger partial charge >= 0.3 is 5.97 Å². The van der Waals surface area contributed by atoms with Gasteiger partial charge in [0.15, 0.2) is 0 Å². The van der Waals surface area contributed by atoms with E-state index in [-0.39, 0.29) is 6.61 Å². The monoisotopic (exact) mass is 285 g/mol. The topological polar surface area (TPSA) is 52.3 Å². The SMILES string of the molecule is O=C(/C=C/c1ccco1)OCc1nc2ccccc2s1. The molecule has 0 spiro atoms. The van der Waals surface area contributed by atoms with Crippen molar-refractivity contribution < 1.29 is 13.9 Å². The number of carbonyl (C=O) groups is 1. The number of rotatable bonds is 4. The standard InChI is InChI=1S/C15H11NO3S/c17-15(8-7-11-4-3-9-18-11)19-10-14-16-12-5-1-2-6-13(12)20-14/h1-9H,10H2/b8-7+. The average molecular weight is 285 g/mol. The molecule has 1 aromatic carbocycles. The summed E-state index contributed by atoms with van der Waals surface area (Å²) in [5, 5.41) is 0.783. The minimum Gasteiger partial charge on any atom is -0.465 e. The first kappa shape index (κ1) is 12.6. The maximum absolute atomic E-state index is 11.6. The number of para-hydroxylation sites is 1. The van der Waals surface area contributed by atoms with Gasteiger partial charge in [0.1, 0.15) is 17.4 Å². The Morgan fingerprint density at radius 2 is 2.20 bits per heavy atom. The predicted molar refractivity (Wildman–Crippen MR) is 77.2 cm³/mol. The van der Waals surface area contributed by atoms with E-state index in [1.807, 2.05) is 24.3 Å². The van der Waals surface area contributed by atoms with Crippen LogP contribution in [-0.4, -0.2) is 11.0 Å². The number of hydrogen-bond donors (Lipinski definition) is 0. The molecule has 0 unspecified atom stereocenters. The number of nitrogens with zero attached hydrogens (tertiary/aromatic N) is 1. The van der Waals surface area contributed by atoms with Gasteiger partial charge in [-0.1, -0.05) is 12.1 Å². The molecule has 0 bridgehead atoms. The number of benzene rings is 1. The van der Waals surface area contributed by atoms with Crippen molar-refractivity contribution in [2.45, 2.75) is 6.61 Å². The van der Waals surface area contributed by atoms with Crippen LogP contribution in [-0.2, 0) is 16.1 Å². The number of hydrogen-bond acceptors (Lipinski definition) is 5. The van der Waals surface area contributed by atoms with Crippen LogP contribution >= 0.6 is 11.3 Å². The minimum absolute atomic E-state index is 0.181. The number of esters is 1. The third-order valence-corrected chi connectivity index (χ3v) is 3.61. The van der Waals surface area contributed by atoms with Crippen molar-refractivity contribution in [3.63, 3.8) is 0 Å². The van der Waals surface area contributed by atoms with Gasteiger partial charge in [-0.25, -0.2) is 9.78 Å². The molecule has 0 fully saturated rings. The highest BCUT2D eigenvalue weighted by atomic mass is 32.1. The van der Waals surface area contributed by atoms with Crippen LogP contribution in [0.1, 0.15) is 10.8 Å². The molecule has 3 aromatic rings. The fraction of sp³-hybridized carbons (Fsp3) is 0.0667. The fourth-order valence-electron chi connectivity index (χ4n) is 1.70. The van der Waals surface area contributed by atoms with E-state index in [1.165, 1.54) is 17.4 Å². The summed E-state index contributed by atoms with van der Waals surface area (Å²) in [5.41, 5.74) is 0.926. The molecular formula is C15H11NO3S. The first-order valence-electron chi connectivity index (χ1n) is 6.04. The summed E-state index contributed by atoms with van der Waals surface area (Å²) in [5.74, 6) is 0.197. The molecule has 0 amide bonds. The van der Waals surface area contributed by atoms with Crippen LogP contribution in [0, 0.1) is 0 Å². The number of ether oxygens (including phenoxy) is 1. The third-order valence-electron chi connectivity index (χ3n) is 2.60. The van der Waals surface area contributed by atoms with Crippen molar-refractivity contribution in [3.8, 4) is 0 Å². The summed E-state index contributed by atoms with van der Waals surface area (Å²) < 4.78 is 11.3. The van der Waals surface area contributed by atoms with Crippen molar-refractivity contribution >= 4 is 33.6 Å². The van der Waals surface area contributed by atoms with Crippen molar-refractivity contribution in [2.75, 3.05) is 0 Å². The molecule has 5 heteroatoms. The normalized spacial score (nSPS) is 11.2. The Balaban J connectivity index is 1.60. The van der Waals surface area contributed by atoms with Crippen LogP contribution < -0.4 is 0 Å². The lowest BCUT2D eigenvalue weighted by Gasteiger charge is -1.97. The molecule has 0 aliphatic heterocycles. The van der Waals surface area contributed by atoms with Crippen LogP contribution in [0.3, 0.4) is 0 Å². The minimum atomic E-state index is -0.416. The van der Waals surface area contributed by atoms with E-state index in [0.29, 0.717) is 5.76 Å². The number of fused-ring (bicyclic) bond motifs is 1. The third kappa shape index (κ3) is 2.95. The Morgan fingerprint density at radius 3 is 3.00 bits per heavy atom. The van der Waals surface area contributed by atoms with Gasteiger partial charge in [0.25, 0.3) is 0 Å². The number of carbonyl (C=O) groups excluding carboxylic acids is 1. The summed E-state index contributed by atoms with van der Waals surface area (Å²) in [6.45, 7) is 0.181. The summed E-state index contributed by atoms with van der Waals surface area (Å²) in [4.78, 5) is 15.9. The average Bonchev–Trinajstić information content (AvgIpc) is 3.11. The van der Waals surface area contributed by atoms with Gasteiger partial charge < -0.3 is 9.15 Å². The van der Waals surface area contributed by atoms with E-state index in [4.69, 9.17) is 9.15 Å². The molecule has 0 atom stereocenters. The van der Waals surface area contributed by atoms with Crippen LogP contribution in [0.25, 0.3) is 16.3 Å². The largest absolute Gasteiger partial charge is 0.465 e. The summed E-state index contributed by atoms with van der Waals surface area (Å²) in [6, 6.07) is 11.3. The van der Waals surface area contributed by atoms with Gasteiger partial charge in [0.2, 0.25) is 0 Å². The molecule has 2 aromatic heterocycles. The fourth-order valence-corrected chi connectivity index (χ4v) is 2.58. The van der Waals surface area contributed by atoms with E-state index in [9.17, 15) is 4.79 Å². The molecule has 100 valence electrons. The maximum atomic E-state index is 11.6. The van der Waals surface area contributed by atoms with Crippen LogP contribution in [0.2, 0.25) is 0 Å². The molecule has 0 aliphatic carbocycles. The molecule has 0 saturated carbocycles. The van der Waals surface area contributed by atoms with Gasteiger partial charge in [-0.05, 0) is 30.3 Å². The van der Waals surface area contributed by atoms with Gasteiger partial charge in [0, 0.05) is 6.08 Å². The molecule has 3 rings (SSSR count). The van der Waals surface area contributed by atoms with Gasteiger partial charge in [0.05, 0.1) is 16.5 Å². The number of thiazole rings is 1.